The van der Waals surface area contributed by atoms with Crippen molar-refractivity contribution in [3.63, 3.8) is 0 Å². The zero-order valence-electron chi connectivity index (χ0n) is 13.3. The van der Waals surface area contributed by atoms with Crippen LogP contribution >= 0.6 is 0 Å². The van der Waals surface area contributed by atoms with Gasteiger partial charge in [-0.05, 0) is 50.0 Å². The van der Waals surface area contributed by atoms with Crippen LogP contribution in [-0.4, -0.2) is 48.4 Å². The lowest BCUT2D eigenvalue weighted by Gasteiger charge is -2.34. The summed E-state index contributed by atoms with van der Waals surface area (Å²) in [5.74, 6) is -1.49. The molecule has 5 heteroatoms. The molecule has 2 rings (SSSR count). The monoisotopic (exact) mass is 310 g/mol. The highest BCUT2D eigenvalue weighted by atomic mass is 19.2. The van der Waals surface area contributed by atoms with Crippen LogP contribution in [0, 0.1) is 17.6 Å². The Bertz CT molecular complexity index is 509. The Morgan fingerprint density at radius 2 is 1.82 bits per heavy atom. The normalized spacial score (nSPS) is 16.3. The van der Waals surface area contributed by atoms with Crippen LogP contribution in [0.25, 0.3) is 0 Å². The first-order chi connectivity index (χ1) is 10.5. The molecule has 1 saturated heterocycles. The number of benzene rings is 1. The summed E-state index contributed by atoms with van der Waals surface area (Å²) in [4.78, 5) is 16.5. The molecule has 1 heterocycles. The Balaban J connectivity index is 1.90. The Labute approximate surface area is 130 Å². The molecule has 22 heavy (non-hydrogen) atoms. The van der Waals surface area contributed by atoms with E-state index < -0.39 is 11.6 Å². The second-order valence-electron chi connectivity index (χ2n) is 5.85. The minimum Gasteiger partial charge on any atom is -0.339 e. The van der Waals surface area contributed by atoms with E-state index in [1.807, 2.05) is 0 Å². The van der Waals surface area contributed by atoms with Crippen LogP contribution in [0.4, 0.5) is 8.78 Å². The molecule has 1 aromatic rings. The molecule has 0 radical (unpaired) electrons. The van der Waals surface area contributed by atoms with Gasteiger partial charge >= 0.3 is 0 Å². The highest BCUT2D eigenvalue weighted by molar-refractivity contribution is 5.94. The van der Waals surface area contributed by atoms with E-state index in [1.165, 1.54) is 6.07 Å². The number of hydrogen-bond donors (Lipinski definition) is 0. The number of amides is 1. The van der Waals surface area contributed by atoms with Crippen molar-refractivity contribution in [1.29, 1.82) is 0 Å². The first-order valence-electron chi connectivity index (χ1n) is 8.01. The van der Waals surface area contributed by atoms with Crippen LogP contribution < -0.4 is 0 Å². The van der Waals surface area contributed by atoms with Gasteiger partial charge in [0.25, 0.3) is 5.91 Å². The van der Waals surface area contributed by atoms with Gasteiger partial charge in [-0.3, -0.25) is 4.79 Å². The zero-order valence-corrected chi connectivity index (χ0v) is 13.3. The fraction of sp³-hybridized carbons (Fsp3) is 0.588. The quantitative estimate of drug-likeness (QED) is 0.834. The molecule has 0 aromatic heterocycles. The van der Waals surface area contributed by atoms with Crippen molar-refractivity contribution in [2.75, 3.05) is 32.7 Å². The summed E-state index contributed by atoms with van der Waals surface area (Å²) in [5.41, 5.74) is 0.223. The van der Waals surface area contributed by atoms with Crippen LogP contribution in [0.1, 0.15) is 37.0 Å². The Morgan fingerprint density at radius 3 is 2.36 bits per heavy atom. The maximum Gasteiger partial charge on any atom is 0.253 e. The summed E-state index contributed by atoms with van der Waals surface area (Å²) in [5, 5.41) is 0. The predicted molar refractivity (Wildman–Crippen MR) is 82.8 cm³/mol. The Kier molecular flexibility index (Phi) is 5.89. The van der Waals surface area contributed by atoms with Gasteiger partial charge in [0.05, 0.1) is 0 Å². The van der Waals surface area contributed by atoms with Gasteiger partial charge in [0.15, 0.2) is 11.6 Å². The number of carbonyl (C=O) groups is 1. The zero-order chi connectivity index (χ0) is 16.1. The van der Waals surface area contributed by atoms with Crippen molar-refractivity contribution in [3.05, 3.63) is 35.4 Å². The molecule has 0 atom stereocenters. The van der Waals surface area contributed by atoms with E-state index >= 15 is 0 Å². The largest absolute Gasteiger partial charge is 0.339 e. The van der Waals surface area contributed by atoms with Crippen molar-refractivity contribution >= 4 is 5.91 Å². The standard InChI is InChI=1S/C17H24F2N2O/c1-3-20(4-2)12-13-7-9-21(10-8-13)17(22)14-5-6-15(18)16(19)11-14/h5-6,11,13H,3-4,7-10,12H2,1-2H3. The highest BCUT2D eigenvalue weighted by Crippen LogP contribution is 2.20. The van der Waals surface area contributed by atoms with Crippen molar-refractivity contribution in [2.24, 2.45) is 5.92 Å². The SMILES string of the molecule is CCN(CC)CC1CCN(C(=O)c2ccc(F)c(F)c2)CC1. The average molecular weight is 310 g/mol. The minimum atomic E-state index is -0.970. The molecule has 0 unspecified atom stereocenters. The third-order valence-corrected chi connectivity index (χ3v) is 4.48. The molecule has 0 spiro atoms. The Hall–Kier alpha value is -1.49. The van der Waals surface area contributed by atoms with Gasteiger partial charge in [-0.15, -0.1) is 0 Å². The van der Waals surface area contributed by atoms with E-state index in [0.29, 0.717) is 19.0 Å². The first-order valence-corrected chi connectivity index (χ1v) is 8.01. The van der Waals surface area contributed by atoms with Gasteiger partial charge in [0.1, 0.15) is 0 Å². The Morgan fingerprint density at radius 1 is 1.18 bits per heavy atom. The van der Waals surface area contributed by atoms with Crippen LogP contribution in [-0.2, 0) is 0 Å². The lowest BCUT2D eigenvalue weighted by Crippen LogP contribution is -2.41. The van der Waals surface area contributed by atoms with Crippen molar-refractivity contribution in [1.82, 2.24) is 9.80 Å². The van der Waals surface area contributed by atoms with Crippen LogP contribution in [0.15, 0.2) is 18.2 Å². The van der Waals surface area contributed by atoms with E-state index in [4.69, 9.17) is 0 Å². The molecular formula is C17H24F2N2O. The van der Waals surface area contributed by atoms with E-state index in [1.54, 1.807) is 4.90 Å². The minimum absolute atomic E-state index is 0.208. The van der Waals surface area contributed by atoms with Gasteiger partial charge in [-0.1, -0.05) is 13.8 Å². The predicted octanol–water partition coefficient (Wildman–Crippen LogP) is 3.16. The third kappa shape index (κ3) is 4.03. The highest BCUT2D eigenvalue weighted by Gasteiger charge is 2.25. The van der Waals surface area contributed by atoms with Crippen molar-refractivity contribution in [3.8, 4) is 0 Å². The van der Waals surface area contributed by atoms with Crippen LogP contribution in [0.5, 0.6) is 0 Å². The topological polar surface area (TPSA) is 23.6 Å². The molecule has 3 nitrogen and oxygen atoms in total. The van der Waals surface area contributed by atoms with Crippen LogP contribution in [0.3, 0.4) is 0 Å². The van der Waals surface area contributed by atoms with E-state index in [9.17, 15) is 13.6 Å². The molecule has 1 aliphatic rings. The maximum absolute atomic E-state index is 13.2. The lowest BCUT2D eigenvalue weighted by atomic mass is 9.95. The van der Waals surface area contributed by atoms with Gasteiger partial charge in [-0.2, -0.15) is 0 Å². The maximum atomic E-state index is 13.2. The summed E-state index contributed by atoms with van der Waals surface area (Å²) >= 11 is 0. The van der Waals surface area contributed by atoms with Gasteiger partial charge in [-0.25, -0.2) is 8.78 Å². The number of rotatable bonds is 5. The van der Waals surface area contributed by atoms with Gasteiger partial charge < -0.3 is 9.80 Å². The molecule has 0 aliphatic carbocycles. The summed E-state index contributed by atoms with van der Waals surface area (Å²) in [6.45, 7) is 8.85. The number of piperidine rings is 1. The summed E-state index contributed by atoms with van der Waals surface area (Å²) in [6.07, 6.45) is 1.93. The average Bonchev–Trinajstić information content (AvgIpc) is 2.55. The van der Waals surface area contributed by atoms with Gasteiger partial charge in [0.2, 0.25) is 0 Å². The fourth-order valence-corrected chi connectivity index (χ4v) is 2.98. The molecule has 1 aromatic carbocycles. The number of nitrogens with zero attached hydrogens (tertiary/aromatic N) is 2. The number of carbonyl (C=O) groups excluding carboxylic acids is 1. The lowest BCUT2D eigenvalue weighted by molar-refractivity contribution is 0.0669. The van der Waals surface area contributed by atoms with Crippen molar-refractivity contribution in [2.45, 2.75) is 26.7 Å². The van der Waals surface area contributed by atoms with E-state index in [-0.39, 0.29) is 11.5 Å². The molecule has 1 aliphatic heterocycles. The molecule has 1 amide bonds. The first kappa shape index (κ1) is 16.9. The second-order valence-corrected chi connectivity index (χ2v) is 5.85. The smallest absolute Gasteiger partial charge is 0.253 e. The number of hydrogen-bond acceptors (Lipinski definition) is 2. The van der Waals surface area contributed by atoms with E-state index in [0.717, 1.165) is 44.6 Å². The summed E-state index contributed by atoms with van der Waals surface area (Å²) < 4.78 is 26.2. The van der Waals surface area contributed by atoms with Crippen LogP contribution in [0.2, 0.25) is 0 Å². The molecule has 0 saturated carbocycles. The molecule has 1 fully saturated rings. The molecular weight excluding hydrogens is 286 g/mol. The molecule has 0 N–H and O–H groups in total. The molecule has 122 valence electrons. The fourth-order valence-electron chi connectivity index (χ4n) is 2.98. The van der Waals surface area contributed by atoms with Crippen molar-refractivity contribution < 1.29 is 13.6 Å². The van der Waals surface area contributed by atoms with E-state index in [2.05, 4.69) is 18.7 Å². The second kappa shape index (κ2) is 7.68. The van der Waals surface area contributed by atoms with Gasteiger partial charge in [0, 0.05) is 25.2 Å². The summed E-state index contributed by atoms with van der Waals surface area (Å²) in [7, 11) is 0. The summed E-state index contributed by atoms with van der Waals surface area (Å²) in [6, 6.07) is 3.35. The number of likely N-dealkylation sites (tertiary alicyclic amines) is 1. The molecule has 0 bridgehead atoms. The number of halogens is 2. The third-order valence-electron chi connectivity index (χ3n) is 4.48.